The molecule has 2 heterocycles. The van der Waals surface area contributed by atoms with Gasteiger partial charge in [-0.05, 0) is 23.9 Å². The molecule has 2 N–H and O–H groups in total. The molecule has 0 bridgehead atoms. The lowest BCUT2D eigenvalue weighted by molar-refractivity contribution is 0.0393. The van der Waals surface area contributed by atoms with Gasteiger partial charge in [-0.1, -0.05) is 0 Å². The molecule has 2 rings (SSSR count). The third kappa shape index (κ3) is 2.53. The number of ether oxygens (including phenoxy) is 1. The van der Waals surface area contributed by atoms with Crippen LogP contribution in [0.4, 0.5) is 0 Å². The van der Waals surface area contributed by atoms with Gasteiger partial charge in [0, 0.05) is 19.1 Å². The second-order valence-electron chi connectivity index (χ2n) is 4.02. The van der Waals surface area contributed by atoms with Crippen molar-refractivity contribution in [2.75, 3.05) is 19.8 Å². The molecule has 96 valence electrons. The standard InChI is InChI=1S/C10H16N2O3S2/c1-8-6-15-3-2-12(8)17(13,14)10-4-9(5-11)7-16-10/h4,7-8H,2-3,5-6,11H2,1H3. The molecule has 7 heteroatoms. The number of rotatable bonds is 3. The van der Waals surface area contributed by atoms with Gasteiger partial charge < -0.3 is 10.5 Å². The first-order chi connectivity index (χ1) is 8.05. The molecular weight excluding hydrogens is 260 g/mol. The molecule has 0 amide bonds. The van der Waals surface area contributed by atoms with Gasteiger partial charge in [-0.2, -0.15) is 4.31 Å². The molecule has 0 saturated carbocycles. The summed E-state index contributed by atoms with van der Waals surface area (Å²) in [5.74, 6) is 0. The maximum absolute atomic E-state index is 12.4. The zero-order valence-electron chi connectivity index (χ0n) is 9.63. The summed E-state index contributed by atoms with van der Waals surface area (Å²) in [6.07, 6.45) is 0. The Labute approximate surface area is 105 Å². The molecule has 1 aliphatic rings. The maximum atomic E-state index is 12.4. The Morgan fingerprint density at radius 3 is 3.00 bits per heavy atom. The van der Waals surface area contributed by atoms with Gasteiger partial charge in [0.05, 0.1) is 13.2 Å². The summed E-state index contributed by atoms with van der Waals surface area (Å²) >= 11 is 1.23. The van der Waals surface area contributed by atoms with Gasteiger partial charge in [0.2, 0.25) is 0 Å². The van der Waals surface area contributed by atoms with E-state index in [1.165, 1.54) is 15.6 Å². The van der Waals surface area contributed by atoms with Crippen molar-refractivity contribution < 1.29 is 13.2 Å². The number of thiophene rings is 1. The van der Waals surface area contributed by atoms with Gasteiger partial charge in [0.15, 0.2) is 0 Å². The van der Waals surface area contributed by atoms with E-state index in [4.69, 9.17) is 10.5 Å². The number of hydrogen-bond acceptors (Lipinski definition) is 5. The van der Waals surface area contributed by atoms with Crippen molar-refractivity contribution in [3.63, 3.8) is 0 Å². The van der Waals surface area contributed by atoms with E-state index < -0.39 is 10.0 Å². The van der Waals surface area contributed by atoms with Crippen LogP contribution in [0.2, 0.25) is 0 Å². The molecule has 0 aromatic carbocycles. The highest BCUT2D eigenvalue weighted by atomic mass is 32.2. The van der Waals surface area contributed by atoms with Crippen molar-refractivity contribution in [3.05, 3.63) is 17.0 Å². The van der Waals surface area contributed by atoms with Crippen LogP contribution in [0.15, 0.2) is 15.7 Å². The minimum atomic E-state index is -3.38. The number of morpholine rings is 1. The summed E-state index contributed by atoms with van der Waals surface area (Å²) in [5, 5.41) is 1.79. The van der Waals surface area contributed by atoms with Gasteiger partial charge in [-0.15, -0.1) is 11.3 Å². The molecular formula is C10H16N2O3S2. The lowest BCUT2D eigenvalue weighted by atomic mass is 10.3. The molecule has 1 atom stereocenters. The molecule has 1 fully saturated rings. The molecule has 1 aromatic rings. The fourth-order valence-corrected chi connectivity index (χ4v) is 4.73. The normalized spacial score (nSPS) is 22.8. The molecule has 1 aromatic heterocycles. The summed E-state index contributed by atoms with van der Waals surface area (Å²) in [7, 11) is -3.38. The summed E-state index contributed by atoms with van der Waals surface area (Å²) in [5.41, 5.74) is 6.35. The number of sulfonamides is 1. The third-order valence-electron chi connectivity index (χ3n) is 2.74. The quantitative estimate of drug-likeness (QED) is 0.878. The van der Waals surface area contributed by atoms with Gasteiger partial charge in [0.1, 0.15) is 4.21 Å². The zero-order chi connectivity index (χ0) is 12.5. The summed E-state index contributed by atoms with van der Waals surface area (Å²) in [6, 6.07) is 1.54. The molecule has 0 aliphatic carbocycles. The molecule has 1 saturated heterocycles. The zero-order valence-corrected chi connectivity index (χ0v) is 11.3. The van der Waals surface area contributed by atoms with Crippen LogP contribution >= 0.6 is 11.3 Å². The largest absolute Gasteiger partial charge is 0.378 e. The van der Waals surface area contributed by atoms with Crippen LogP contribution < -0.4 is 5.73 Å². The van der Waals surface area contributed by atoms with Crippen LogP contribution in [0, 0.1) is 0 Å². The van der Waals surface area contributed by atoms with E-state index in [1.54, 1.807) is 11.4 Å². The molecule has 5 nitrogen and oxygen atoms in total. The van der Waals surface area contributed by atoms with Crippen LogP contribution in [0.25, 0.3) is 0 Å². The van der Waals surface area contributed by atoms with Crippen LogP contribution in [0.5, 0.6) is 0 Å². The molecule has 0 spiro atoms. The molecule has 0 radical (unpaired) electrons. The number of nitrogens with zero attached hydrogens (tertiary/aromatic N) is 1. The van der Waals surface area contributed by atoms with Gasteiger partial charge in [-0.3, -0.25) is 0 Å². The first-order valence-electron chi connectivity index (χ1n) is 5.43. The van der Waals surface area contributed by atoms with Crippen LogP contribution in [0.1, 0.15) is 12.5 Å². The van der Waals surface area contributed by atoms with E-state index in [-0.39, 0.29) is 6.04 Å². The van der Waals surface area contributed by atoms with Crippen molar-refractivity contribution >= 4 is 21.4 Å². The SMILES string of the molecule is CC1COCCN1S(=O)(=O)c1cc(CN)cs1. The Hall–Kier alpha value is -0.470. The Morgan fingerprint density at radius 1 is 1.65 bits per heavy atom. The summed E-state index contributed by atoms with van der Waals surface area (Å²) in [6.45, 7) is 3.55. The topological polar surface area (TPSA) is 72.6 Å². The summed E-state index contributed by atoms with van der Waals surface area (Å²) in [4.78, 5) is 0. The third-order valence-corrected chi connectivity index (χ3v) is 6.21. The van der Waals surface area contributed by atoms with Gasteiger partial charge >= 0.3 is 0 Å². The first-order valence-corrected chi connectivity index (χ1v) is 7.74. The summed E-state index contributed by atoms with van der Waals surface area (Å²) < 4.78 is 31.9. The van der Waals surface area contributed by atoms with E-state index >= 15 is 0 Å². The molecule has 17 heavy (non-hydrogen) atoms. The monoisotopic (exact) mass is 276 g/mol. The van der Waals surface area contributed by atoms with Gasteiger partial charge in [-0.25, -0.2) is 8.42 Å². The first kappa shape index (κ1) is 13.0. The average Bonchev–Trinajstić information content (AvgIpc) is 2.78. The van der Waals surface area contributed by atoms with E-state index in [0.29, 0.717) is 30.5 Å². The molecule has 1 aliphatic heterocycles. The lowest BCUT2D eigenvalue weighted by Crippen LogP contribution is -2.46. The van der Waals surface area contributed by atoms with E-state index in [9.17, 15) is 8.42 Å². The fraction of sp³-hybridized carbons (Fsp3) is 0.600. The number of hydrogen-bond donors (Lipinski definition) is 1. The second kappa shape index (κ2) is 5.03. The Morgan fingerprint density at radius 2 is 2.41 bits per heavy atom. The highest BCUT2D eigenvalue weighted by Gasteiger charge is 2.32. The lowest BCUT2D eigenvalue weighted by Gasteiger charge is -2.31. The Bertz CT molecular complexity index is 483. The van der Waals surface area contributed by atoms with E-state index in [1.807, 2.05) is 6.92 Å². The Kier molecular flexibility index (Phi) is 3.84. The predicted molar refractivity (Wildman–Crippen MR) is 66.4 cm³/mol. The smallest absolute Gasteiger partial charge is 0.252 e. The maximum Gasteiger partial charge on any atom is 0.252 e. The Balaban J connectivity index is 2.28. The second-order valence-corrected chi connectivity index (χ2v) is 7.05. The highest BCUT2D eigenvalue weighted by Crippen LogP contribution is 2.26. The van der Waals surface area contributed by atoms with Crippen molar-refractivity contribution in [2.45, 2.75) is 23.7 Å². The average molecular weight is 276 g/mol. The highest BCUT2D eigenvalue weighted by molar-refractivity contribution is 7.91. The minimum Gasteiger partial charge on any atom is -0.378 e. The van der Waals surface area contributed by atoms with Crippen molar-refractivity contribution in [1.29, 1.82) is 0 Å². The van der Waals surface area contributed by atoms with Crippen molar-refractivity contribution in [2.24, 2.45) is 5.73 Å². The van der Waals surface area contributed by atoms with Crippen molar-refractivity contribution in [3.8, 4) is 0 Å². The van der Waals surface area contributed by atoms with Crippen LogP contribution in [-0.4, -0.2) is 38.5 Å². The van der Waals surface area contributed by atoms with Crippen molar-refractivity contribution in [1.82, 2.24) is 4.31 Å². The minimum absolute atomic E-state index is 0.114. The van der Waals surface area contributed by atoms with E-state index in [0.717, 1.165) is 5.56 Å². The van der Waals surface area contributed by atoms with Gasteiger partial charge in [0.25, 0.3) is 10.0 Å². The van der Waals surface area contributed by atoms with Crippen LogP contribution in [-0.2, 0) is 21.3 Å². The fourth-order valence-electron chi connectivity index (χ4n) is 1.78. The van der Waals surface area contributed by atoms with Crippen LogP contribution in [0.3, 0.4) is 0 Å². The number of nitrogens with two attached hydrogens (primary N) is 1. The molecule has 1 unspecified atom stereocenters. The predicted octanol–water partition coefficient (Wildman–Crippen LogP) is 0.616. The van der Waals surface area contributed by atoms with E-state index in [2.05, 4.69) is 0 Å².